The third-order valence-corrected chi connectivity index (χ3v) is 8.74. The van der Waals surface area contributed by atoms with E-state index in [1.54, 1.807) is 42.5 Å². The summed E-state index contributed by atoms with van der Waals surface area (Å²) < 4.78 is 40.3. The van der Waals surface area contributed by atoms with E-state index in [0.29, 0.717) is 41.6 Å². The second kappa shape index (κ2) is 14.2. The quantitative estimate of drug-likeness (QED) is 0.0781. The van der Waals surface area contributed by atoms with Crippen LogP contribution in [0, 0.1) is 0 Å². The van der Waals surface area contributed by atoms with Gasteiger partial charge in [-0.3, -0.25) is 9.59 Å². The Morgan fingerprint density at radius 3 is 2.48 bits per heavy atom. The minimum absolute atomic E-state index is 0.0215. The number of carbonyl (C=O) groups excluding carboxylic acids is 1. The van der Waals surface area contributed by atoms with E-state index < -0.39 is 61.8 Å². The van der Waals surface area contributed by atoms with Crippen LogP contribution in [0.4, 0.5) is 0 Å². The van der Waals surface area contributed by atoms with E-state index in [0.717, 1.165) is 16.7 Å². The highest BCUT2D eigenvalue weighted by atomic mass is 17.2. The largest absolute Gasteiger partial charge is 0.508 e. The fourth-order valence-electron chi connectivity index (χ4n) is 6.35. The SMILES string of the molecule is NCCO[C@@H]1O[C@H](COC(=O)CC(=O)O)[C@@H](O)[C@H](O)[C@H]1OOc1cc(Cc2ccc(O)cc2)c2c(c1)[C@H]1Oc3cc4c(cc3[C@H]1CO2)OCO4. The average Bonchev–Trinajstić information content (AvgIpc) is 3.71. The van der Waals surface area contributed by atoms with Crippen molar-refractivity contribution in [2.45, 2.75) is 55.6 Å². The molecule has 4 heterocycles. The molecule has 50 heavy (non-hydrogen) atoms. The number of ether oxygens (including phenoxy) is 7. The van der Waals surface area contributed by atoms with Crippen molar-refractivity contribution in [2.75, 3.05) is 33.2 Å². The number of nitrogens with two attached hydrogens (primary N) is 1. The molecule has 0 aliphatic carbocycles. The molecular formula is C34H35NO15. The van der Waals surface area contributed by atoms with Gasteiger partial charge in [0.1, 0.15) is 54.7 Å². The lowest BCUT2D eigenvalue weighted by Crippen LogP contribution is -2.60. The van der Waals surface area contributed by atoms with Gasteiger partial charge in [-0.05, 0) is 35.9 Å². The van der Waals surface area contributed by atoms with Crippen LogP contribution < -0.4 is 29.6 Å². The second-order valence-corrected chi connectivity index (χ2v) is 12.1. The molecule has 7 rings (SSSR count). The molecule has 3 aromatic carbocycles. The van der Waals surface area contributed by atoms with Gasteiger partial charge in [0.25, 0.3) is 0 Å². The normalized spacial score (nSPS) is 25.8. The molecule has 266 valence electrons. The molecule has 0 bridgehead atoms. The summed E-state index contributed by atoms with van der Waals surface area (Å²) in [7, 11) is 0. The van der Waals surface area contributed by atoms with Gasteiger partial charge in [-0.25, -0.2) is 0 Å². The molecule has 0 unspecified atom stereocenters. The standard InChI is InChI=1S/C34H35NO15/c35-5-6-42-34-33(30(41)29(40)26(48-34)14-43-28(39)12-27(37)38)50-49-19-8-17(7-16-1-3-18(36)4-2-16)31-21(9-19)32-22(13-44-31)20-10-24-25(46-15-45-24)11-23(20)47-32/h1-4,8-11,22,26,29-30,32-34,36,40-41H,5-7,12-15,35H2,(H,37,38)/t22-,26-,29-,30+,32-,33-,34-/m1/s1. The van der Waals surface area contributed by atoms with Crippen molar-refractivity contribution < 1.29 is 72.9 Å². The minimum Gasteiger partial charge on any atom is -0.508 e. The summed E-state index contributed by atoms with van der Waals surface area (Å²) in [4.78, 5) is 34.1. The molecule has 6 N–H and O–H groups in total. The van der Waals surface area contributed by atoms with Crippen LogP contribution in [0.5, 0.6) is 34.5 Å². The first-order chi connectivity index (χ1) is 24.2. The predicted molar refractivity (Wildman–Crippen MR) is 166 cm³/mol. The fourth-order valence-corrected chi connectivity index (χ4v) is 6.35. The number of esters is 1. The number of phenolic OH excluding ortho intramolecular Hbond substituents is 1. The molecule has 0 amide bonds. The maximum atomic E-state index is 11.8. The Bertz CT molecular complexity index is 1730. The molecule has 1 fully saturated rings. The number of fused-ring (bicyclic) bond motifs is 6. The molecule has 0 radical (unpaired) electrons. The highest BCUT2D eigenvalue weighted by Crippen LogP contribution is 2.55. The summed E-state index contributed by atoms with van der Waals surface area (Å²) in [6, 6.07) is 13.8. The van der Waals surface area contributed by atoms with Crippen LogP contribution in [0.2, 0.25) is 0 Å². The first kappa shape index (κ1) is 33.6. The lowest BCUT2D eigenvalue weighted by Gasteiger charge is -2.41. The Morgan fingerprint density at radius 2 is 1.72 bits per heavy atom. The van der Waals surface area contributed by atoms with E-state index >= 15 is 0 Å². The van der Waals surface area contributed by atoms with Gasteiger partial charge < -0.3 is 64.2 Å². The highest BCUT2D eigenvalue weighted by Gasteiger charge is 2.48. The lowest BCUT2D eigenvalue weighted by atomic mass is 9.87. The molecule has 3 aromatic rings. The fraction of sp³-hybridized carbons (Fsp3) is 0.412. The van der Waals surface area contributed by atoms with Crippen molar-refractivity contribution in [1.29, 1.82) is 0 Å². The van der Waals surface area contributed by atoms with Crippen molar-refractivity contribution in [2.24, 2.45) is 5.73 Å². The van der Waals surface area contributed by atoms with Crippen LogP contribution in [0.3, 0.4) is 0 Å². The molecule has 1 saturated heterocycles. The molecule has 4 aliphatic heterocycles. The highest BCUT2D eigenvalue weighted by molar-refractivity contribution is 5.90. The van der Waals surface area contributed by atoms with Crippen molar-refractivity contribution in [1.82, 2.24) is 0 Å². The molecule has 16 heteroatoms. The van der Waals surface area contributed by atoms with Crippen molar-refractivity contribution >= 4 is 11.9 Å². The number of hydrogen-bond acceptors (Lipinski definition) is 15. The number of phenols is 1. The predicted octanol–water partition coefficient (Wildman–Crippen LogP) is 1.44. The van der Waals surface area contributed by atoms with E-state index in [4.69, 9.17) is 53.8 Å². The van der Waals surface area contributed by atoms with Gasteiger partial charge in [-0.2, -0.15) is 4.89 Å². The molecular weight excluding hydrogens is 662 g/mol. The summed E-state index contributed by atoms with van der Waals surface area (Å²) in [5, 5.41) is 40.5. The number of rotatable bonds is 12. The minimum atomic E-state index is -1.66. The number of aliphatic carboxylic acids is 1. The average molecular weight is 698 g/mol. The summed E-state index contributed by atoms with van der Waals surface area (Å²) in [6.45, 7) is -0.0317. The van der Waals surface area contributed by atoms with Crippen molar-refractivity contribution in [3.05, 3.63) is 70.8 Å². The van der Waals surface area contributed by atoms with Gasteiger partial charge in [0, 0.05) is 35.7 Å². The van der Waals surface area contributed by atoms with Crippen LogP contribution in [0.25, 0.3) is 0 Å². The van der Waals surface area contributed by atoms with Crippen LogP contribution >= 0.6 is 0 Å². The zero-order chi connectivity index (χ0) is 34.9. The van der Waals surface area contributed by atoms with E-state index in [1.807, 2.05) is 6.07 Å². The summed E-state index contributed by atoms with van der Waals surface area (Å²) in [5.74, 6) is 0.170. The zero-order valence-corrected chi connectivity index (χ0v) is 26.5. The smallest absolute Gasteiger partial charge is 0.317 e. The molecule has 0 saturated carbocycles. The summed E-state index contributed by atoms with van der Waals surface area (Å²) >= 11 is 0. The Hall–Kier alpha value is -4.84. The Balaban J connectivity index is 1.14. The molecule has 4 aliphatic rings. The van der Waals surface area contributed by atoms with Gasteiger partial charge in [-0.15, -0.1) is 0 Å². The van der Waals surface area contributed by atoms with Gasteiger partial charge in [0.05, 0.1) is 19.1 Å². The maximum absolute atomic E-state index is 11.8. The van der Waals surface area contributed by atoms with Gasteiger partial charge in [0.15, 0.2) is 29.6 Å². The molecule has 0 spiro atoms. The van der Waals surface area contributed by atoms with Gasteiger partial charge in [0.2, 0.25) is 6.79 Å². The Morgan fingerprint density at radius 1 is 0.940 bits per heavy atom. The summed E-state index contributed by atoms with van der Waals surface area (Å²) in [5.41, 5.74) is 8.79. The number of aliphatic hydroxyl groups excluding tert-OH is 2. The van der Waals surface area contributed by atoms with Crippen molar-refractivity contribution in [3.63, 3.8) is 0 Å². The van der Waals surface area contributed by atoms with E-state index in [9.17, 15) is 24.9 Å². The number of carboxylic acids is 1. The lowest BCUT2D eigenvalue weighted by molar-refractivity contribution is -0.372. The first-order valence-electron chi connectivity index (χ1n) is 15.9. The van der Waals surface area contributed by atoms with Crippen LogP contribution in [0.15, 0.2) is 48.5 Å². The number of carbonyl (C=O) groups is 2. The summed E-state index contributed by atoms with van der Waals surface area (Å²) in [6.07, 6.45) is -8.27. The van der Waals surface area contributed by atoms with E-state index in [-0.39, 0.29) is 37.4 Å². The van der Waals surface area contributed by atoms with Crippen molar-refractivity contribution in [3.8, 4) is 34.5 Å². The Labute approximate surface area is 284 Å². The van der Waals surface area contributed by atoms with E-state index in [2.05, 4.69) is 0 Å². The zero-order valence-electron chi connectivity index (χ0n) is 26.5. The second-order valence-electron chi connectivity index (χ2n) is 12.1. The van der Waals surface area contributed by atoms with Crippen LogP contribution in [-0.2, 0) is 35.1 Å². The number of hydrogen-bond donors (Lipinski definition) is 5. The van der Waals surface area contributed by atoms with Gasteiger partial charge >= 0.3 is 11.9 Å². The molecule has 16 nitrogen and oxygen atoms in total. The van der Waals surface area contributed by atoms with Crippen LogP contribution in [-0.4, -0.2) is 96.2 Å². The number of benzene rings is 3. The van der Waals surface area contributed by atoms with Gasteiger partial charge in [-0.1, -0.05) is 12.1 Å². The number of aliphatic hydroxyl groups is 2. The monoisotopic (exact) mass is 697 g/mol. The maximum Gasteiger partial charge on any atom is 0.317 e. The third-order valence-electron chi connectivity index (χ3n) is 8.74. The number of aromatic hydroxyl groups is 1. The Kier molecular flexibility index (Phi) is 9.54. The topological polar surface area (TPSA) is 224 Å². The van der Waals surface area contributed by atoms with E-state index in [1.165, 1.54) is 0 Å². The van der Waals surface area contributed by atoms with Crippen LogP contribution in [0.1, 0.15) is 40.7 Å². The first-order valence-corrected chi connectivity index (χ1v) is 15.9. The number of carboxylic acid groups (broad SMARTS) is 1. The third kappa shape index (κ3) is 6.81. The molecule has 7 atom stereocenters. The molecule has 0 aromatic heterocycles.